The summed E-state index contributed by atoms with van der Waals surface area (Å²) in [5.41, 5.74) is 1.89. The van der Waals surface area contributed by atoms with Crippen LogP contribution in [0.15, 0.2) is 18.3 Å². The molecule has 0 saturated carbocycles. The molecule has 0 bridgehead atoms. The second-order valence-electron chi connectivity index (χ2n) is 5.34. The van der Waals surface area contributed by atoms with Crippen LogP contribution in [-0.2, 0) is 16.1 Å². The zero-order chi connectivity index (χ0) is 14.1. The first-order valence-electron chi connectivity index (χ1n) is 6.86. The van der Waals surface area contributed by atoms with Crippen LogP contribution in [0.2, 0.25) is 0 Å². The van der Waals surface area contributed by atoms with Crippen LogP contribution in [0.5, 0.6) is 0 Å². The van der Waals surface area contributed by atoms with Gasteiger partial charge in [-0.05, 0) is 50.1 Å². The molecule has 104 valence electrons. The van der Waals surface area contributed by atoms with Crippen LogP contribution in [0.1, 0.15) is 30.9 Å². The molecule has 1 aromatic heterocycles. The molecule has 0 aromatic carbocycles. The molecule has 5 heteroatoms. The minimum absolute atomic E-state index is 0.00727. The van der Waals surface area contributed by atoms with E-state index in [-0.39, 0.29) is 17.7 Å². The van der Waals surface area contributed by atoms with E-state index in [2.05, 4.69) is 15.2 Å². The third-order valence-corrected chi connectivity index (χ3v) is 3.78. The Morgan fingerprint density at radius 2 is 2.40 bits per heavy atom. The van der Waals surface area contributed by atoms with Crippen molar-refractivity contribution < 1.29 is 9.59 Å². The molecule has 1 amide bonds. The van der Waals surface area contributed by atoms with Crippen LogP contribution in [0.4, 0.5) is 5.82 Å². The van der Waals surface area contributed by atoms with Crippen LogP contribution in [-0.4, -0.2) is 34.2 Å². The first kappa shape index (κ1) is 13.0. The van der Waals surface area contributed by atoms with E-state index in [1.165, 1.54) is 13.0 Å². The molecule has 2 aliphatic rings. The van der Waals surface area contributed by atoms with E-state index in [9.17, 15) is 9.59 Å². The fraction of sp³-hybridized carbons (Fsp3) is 0.400. The summed E-state index contributed by atoms with van der Waals surface area (Å²) in [6.45, 7) is 3.20. The molecule has 1 fully saturated rings. The average molecular weight is 271 g/mol. The molecule has 0 aliphatic carbocycles. The van der Waals surface area contributed by atoms with Gasteiger partial charge in [-0.2, -0.15) is 0 Å². The minimum Gasteiger partial charge on any atom is -0.309 e. The summed E-state index contributed by atoms with van der Waals surface area (Å²) < 4.78 is 0. The summed E-state index contributed by atoms with van der Waals surface area (Å²) in [7, 11) is 0. The van der Waals surface area contributed by atoms with Gasteiger partial charge in [0.05, 0.1) is 6.04 Å². The van der Waals surface area contributed by atoms with Gasteiger partial charge in [0.25, 0.3) is 0 Å². The summed E-state index contributed by atoms with van der Waals surface area (Å²) in [5, 5.41) is 2.90. The van der Waals surface area contributed by atoms with E-state index in [0.717, 1.165) is 37.1 Å². The maximum Gasteiger partial charge on any atom is 0.242 e. The number of amides is 1. The van der Waals surface area contributed by atoms with Crippen LogP contribution in [0.25, 0.3) is 6.08 Å². The Kier molecular flexibility index (Phi) is 3.36. The van der Waals surface area contributed by atoms with Gasteiger partial charge in [0.1, 0.15) is 5.82 Å². The molecule has 1 aromatic rings. The quantitative estimate of drug-likeness (QED) is 0.830. The standard InChI is InChI=1S/C15H17N3O2/c1-10(19)4-5-11-7-12-9-18-6-2-3-13(18)15(20)17-14(12)16-8-11/h4-5,7-8,13H,2-3,6,9H2,1H3,(H,16,17,20)/b5-4+/t13-/m0/s1. The number of allylic oxidation sites excluding steroid dienone is 1. The van der Waals surface area contributed by atoms with E-state index in [1.807, 2.05) is 6.07 Å². The van der Waals surface area contributed by atoms with Crippen molar-refractivity contribution in [2.24, 2.45) is 0 Å². The highest BCUT2D eigenvalue weighted by Crippen LogP contribution is 2.27. The number of anilines is 1. The lowest BCUT2D eigenvalue weighted by molar-refractivity contribution is -0.120. The van der Waals surface area contributed by atoms with Crippen LogP contribution < -0.4 is 5.32 Å². The Hall–Kier alpha value is -2.01. The van der Waals surface area contributed by atoms with Crippen LogP contribution in [0, 0.1) is 0 Å². The smallest absolute Gasteiger partial charge is 0.242 e. The van der Waals surface area contributed by atoms with Crippen molar-refractivity contribution in [2.45, 2.75) is 32.4 Å². The highest BCUT2D eigenvalue weighted by atomic mass is 16.2. The Balaban J connectivity index is 1.91. The van der Waals surface area contributed by atoms with Crippen molar-refractivity contribution in [3.8, 4) is 0 Å². The Bertz CT molecular complexity index is 595. The van der Waals surface area contributed by atoms with Crippen molar-refractivity contribution in [1.82, 2.24) is 9.88 Å². The van der Waals surface area contributed by atoms with Crippen LogP contribution in [0.3, 0.4) is 0 Å². The number of nitrogens with zero attached hydrogens (tertiary/aromatic N) is 2. The van der Waals surface area contributed by atoms with Crippen molar-refractivity contribution in [3.05, 3.63) is 29.5 Å². The third kappa shape index (κ3) is 2.49. The van der Waals surface area contributed by atoms with Gasteiger partial charge in [-0.1, -0.05) is 0 Å². The number of aromatic nitrogens is 1. The minimum atomic E-state index is -0.0274. The Labute approximate surface area is 117 Å². The number of hydrogen-bond acceptors (Lipinski definition) is 4. The Morgan fingerprint density at radius 1 is 1.55 bits per heavy atom. The van der Waals surface area contributed by atoms with Crippen molar-refractivity contribution in [2.75, 3.05) is 11.9 Å². The second kappa shape index (κ2) is 5.17. The Morgan fingerprint density at radius 3 is 3.20 bits per heavy atom. The number of nitrogens with one attached hydrogen (secondary N) is 1. The van der Waals surface area contributed by atoms with Crippen molar-refractivity contribution >= 4 is 23.6 Å². The molecular formula is C15H17N3O2. The fourth-order valence-corrected chi connectivity index (χ4v) is 2.80. The van der Waals surface area contributed by atoms with Gasteiger partial charge < -0.3 is 5.32 Å². The number of hydrogen-bond donors (Lipinski definition) is 1. The number of pyridine rings is 1. The van der Waals surface area contributed by atoms with Gasteiger partial charge in [0, 0.05) is 18.3 Å². The summed E-state index contributed by atoms with van der Waals surface area (Å²) in [6.07, 6.45) is 6.93. The van der Waals surface area contributed by atoms with E-state index in [0.29, 0.717) is 5.82 Å². The predicted octanol–water partition coefficient (Wildman–Crippen LogP) is 1.60. The van der Waals surface area contributed by atoms with Gasteiger partial charge in [0.2, 0.25) is 5.91 Å². The molecule has 20 heavy (non-hydrogen) atoms. The molecule has 3 rings (SSSR count). The second-order valence-corrected chi connectivity index (χ2v) is 5.34. The predicted molar refractivity (Wildman–Crippen MR) is 76.0 cm³/mol. The van der Waals surface area contributed by atoms with E-state index in [1.54, 1.807) is 12.3 Å². The van der Waals surface area contributed by atoms with E-state index >= 15 is 0 Å². The summed E-state index contributed by atoms with van der Waals surface area (Å²) >= 11 is 0. The van der Waals surface area contributed by atoms with Gasteiger partial charge in [-0.15, -0.1) is 0 Å². The first-order chi connectivity index (χ1) is 9.63. The molecule has 1 atom stereocenters. The number of ketones is 1. The highest BCUT2D eigenvalue weighted by molar-refractivity contribution is 5.95. The number of carbonyl (C=O) groups is 2. The molecule has 0 spiro atoms. The van der Waals surface area contributed by atoms with E-state index in [4.69, 9.17) is 0 Å². The van der Waals surface area contributed by atoms with Crippen molar-refractivity contribution in [1.29, 1.82) is 0 Å². The molecule has 1 saturated heterocycles. The zero-order valence-electron chi connectivity index (χ0n) is 11.4. The zero-order valence-corrected chi connectivity index (χ0v) is 11.4. The van der Waals surface area contributed by atoms with Gasteiger partial charge in [-0.3, -0.25) is 14.5 Å². The molecule has 0 radical (unpaired) electrons. The summed E-state index contributed by atoms with van der Waals surface area (Å²) in [5.74, 6) is 0.693. The lowest BCUT2D eigenvalue weighted by Gasteiger charge is -2.19. The van der Waals surface area contributed by atoms with Crippen LogP contribution >= 0.6 is 0 Å². The third-order valence-electron chi connectivity index (χ3n) is 3.78. The maximum absolute atomic E-state index is 12.1. The summed E-state index contributed by atoms with van der Waals surface area (Å²) in [4.78, 5) is 29.6. The molecule has 1 N–H and O–H groups in total. The average Bonchev–Trinajstić information content (AvgIpc) is 2.82. The van der Waals surface area contributed by atoms with Gasteiger partial charge in [-0.25, -0.2) is 4.98 Å². The fourth-order valence-electron chi connectivity index (χ4n) is 2.80. The van der Waals surface area contributed by atoms with Gasteiger partial charge >= 0.3 is 0 Å². The SMILES string of the molecule is CC(=O)/C=C/c1cnc2c(c1)CN1CCC[C@H]1C(=O)N2. The lowest BCUT2D eigenvalue weighted by atomic mass is 10.1. The molecule has 0 unspecified atom stereocenters. The summed E-state index contributed by atoms with van der Waals surface area (Å²) in [6, 6.07) is 1.96. The highest BCUT2D eigenvalue weighted by Gasteiger charge is 2.34. The first-order valence-corrected chi connectivity index (χ1v) is 6.86. The molecule has 3 heterocycles. The number of carbonyl (C=O) groups excluding carboxylic acids is 2. The van der Waals surface area contributed by atoms with Gasteiger partial charge in [0.15, 0.2) is 5.78 Å². The van der Waals surface area contributed by atoms with E-state index < -0.39 is 0 Å². The molecular weight excluding hydrogens is 254 g/mol. The lowest BCUT2D eigenvalue weighted by Crippen LogP contribution is -2.36. The number of rotatable bonds is 2. The maximum atomic E-state index is 12.1. The normalized spacial score (nSPS) is 22.2. The van der Waals surface area contributed by atoms with Crippen molar-refractivity contribution in [3.63, 3.8) is 0 Å². The monoisotopic (exact) mass is 271 g/mol. The molecule has 5 nitrogen and oxygen atoms in total. The largest absolute Gasteiger partial charge is 0.309 e. The molecule has 2 aliphatic heterocycles. The number of fused-ring (bicyclic) bond motifs is 2. The topological polar surface area (TPSA) is 62.3 Å².